The number of rotatable bonds is 3. The number of hydrogen-bond acceptors (Lipinski definition) is 2. The van der Waals surface area contributed by atoms with Crippen molar-refractivity contribution in [3.05, 3.63) is 29.8 Å². The van der Waals surface area contributed by atoms with Gasteiger partial charge in [-0.15, -0.1) is 0 Å². The van der Waals surface area contributed by atoms with Crippen molar-refractivity contribution in [1.29, 1.82) is 0 Å². The quantitative estimate of drug-likeness (QED) is 0.897. The summed E-state index contributed by atoms with van der Waals surface area (Å²) in [5, 5.41) is 3.78. The van der Waals surface area contributed by atoms with E-state index in [4.69, 9.17) is 0 Å². The van der Waals surface area contributed by atoms with Crippen molar-refractivity contribution in [3.8, 4) is 0 Å². The van der Waals surface area contributed by atoms with Crippen LogP contribution in [-0.2, 0) is 0 Å². The van der Waals surface area contributed by atoms with Crippen LogP contribution in [0, 0.1) is 5.92 Å². The summed E-state index contributed by atoms with van der Waals surface area (Å²) in [4.78, 5) is 2.60. The fourth-order valence-electron chi connectivity index (χ4n) is 3.95. The Morgan fingerprint density at radius 2 is 1.95 bits per heavy atom. The van der Waals surface area contributed by atoms with E-state index >= 15 is 0 Å². The molecule has 1 heterocycles. The Labute approximate surface area is 129 Å². The average Bonchev–Trinajstić information content (AvgIpc) is 2.56. The Hall–Kier alpha value is -1.02. The van der Waals surface area contributed by atoms with Crippen LogP contribution in [0.5, 0.6) is 0 Å². The van der Waals surface area contributed by atoms with Crippen LogP contribution >= 0.6 is 0 Å². The first kappa shape index (κ1) is 14.9. The molecule has 0 bridgehead atoms. The van der Waals surface area contributed by atoms with Crippen LogP contribution < -0.4 is 10.2 Å². The molecular weight excluding hydrogens is 256 g/mol. The van der Waals surface area contributed by atoms with Crippen molar-refractivity contribution in [2.75, 3.05) is 24.5 Å². The van der Waals surface area contributed by atoms with E-state index in [9.17, 15) is 0 Å². The topological polar surface area (TPSA) is 15.3 Å². The zero-order chi connectivity index (χ0) is 14.7. The van der Waals surface area contributed by atoms with Gasteiger partial charge in [-0.05, 0) is 42.4 Å². The van der Waals surface area contributed by atoms with Gasteiger partial charge < -0.3 is 10.2 Å². The molecule has 1 atom stereocenters. The molecule has 0 radical (unpaired) electrons. The van der Waals surface area contributed by atoms with Gasteiger partial charge >= 0.3 is 0 Å². The molecule has 21 heavy (non-hydrogen) atoms. The van der Waals surface area contributed by atoms with Crippen LogP contribution in [-0.4, -0.2) is 25.7 Å². The van der Waals surface area contributed by atoms with Crippen molar-refractivity contribution in [2.45, 2.75) is 57.9 Å². The standard InChI is InChI=1S/C19H30N2/c1-15(2)17-9-6-10-18(13-17)21-12-11-20-19(14-21)16-7-4-3-5-8-16/h6,9-10,13,15-16,19-20H,3-5,7-8,11-12,14H2,1-2H3. The van der Waals surface area contributed by atoms with Crippen molar-refractivity contribution in [1.82, 2.24) is 5.32 Å². The Morgan fingerprint density at radius 1 is 1.14 bits per heavy atom. The highest BCUT2D eigenvalue weighted by molar-refractivity contribution is 5.50. The van der Waals surface area contributed by atoms with Gasteiger partial charge in [0.1, 0.15) is 0 Å². The van der Waals surface area contributed by atoms with Crippen molar-refractivity contribution in [3.63, 3.8) is 0 Å². The van der Waals surface area contributed by atoms with Gasteiger partial charge in [-0.25, -0.2) is 0 Å². The van der Waals surface area contributed by atoms with Gasteiger partial charge in [0.2, 0.25) is 0 Å². The lowest BCUT2D eigenvalue weighted by Gasteiger charge is -2.40. The Balaban J connectivity index is 1.69. The summed E-state index contributed by atoms with van der Waals surface area (Å²) >= 11 is 0. The number of hydrogen-bond donors (Lipinski definition) is 1. The molecule has 2 fully saturated rings. The summed E-state index contributed by atoms with van der Waals surface area (Å²) in [6.07, 6.45) is 7.18. The molecule has 0 aromatic heterocycles. The van der Waals surface area contributed by atoms with Gasteiger partial charge in [0.05, 0.1) is 0 Å². The minimum Gasteiger partial charge on any atom is -0.369 e. The minimum absolute atomic E-state index is 0.613. The fraction of sp³-hybridized carbons (Fsp3) is 0.684. The molecule has 1 aliphatic heterocycles. The first-order chi connectivity index (χ1) is 10.2. The lowest BCUT2D eigenvalue weighted by atomic mass is 9.83. The van der Waals surface area contributed by atoms with E-state index in [1.165, 1.54) is 49.9 Å². The molecule has 0 spiro atoms. The number of benzene rings is 1. The maximum atomic E-state index is 3.78. The van der Waals surface area contributed by atoms with Gasteiger partial charge in [0, 0.05) is 31.4 Å². The highest BCUT2D eigenvalue weighted by Crippen LogP contribution is 2.29. The second kappa shape index (κ2) is 6.83. The molecule has 1 saturated carbocycles. The van der Waals surface area contributed by atoms with Gasteiger partial charge in [-0.2, -0.15) is 0 Å². The Morgan fingerprint density at radius 3 is 2.71 bits per heavy atom. The molecule has 1 aliphatic carbocycles. The summed E-state index contributed by atoms with van der Waals surface area (Å²) in [6.45, 7) is 8.02. The van der Waals surface area contributed by atoms with E-state index < -0.39 is 0 Å². The van der Waals surface area contributed by atoms with Crippen LogP contribution in [0.25, 0.3) is 0 Å². The van der Waals surface area contributed by atoms with Gasteiger partial charge in [-0.3, -0.25) is 0 Å². The fourth-order valence-corrected chi connectivity index (χ4v) is 3.95. The summed E-state index contributed by atoms with van der Waals surface area (Å²) in [5.74, 6) is 1.51. The normalized spacial score (nSPS) is 24.5. The zero-order valence-corrected chi connectivity index (χ0v) is 13.6. The van der Waals surface area contributed by atoms with E-state index in [1.54, 1.807) is 0 Å². The third-order valence-corrected chi connectivity index (χ3v) is 5.33. The number of nitrogens with one attached hydrogen (secondary N) is 1. The Bertz CT molecular complexity index is 449. The molecule has 1 unspecified atom stereocenters. The number of anilines is 1. The lowest BCUT2D eigenvalue weighted by Crippen LogP contribution is -2.54. The average molecular weight is 286 g/mol. The first-order valence-electron chi connectivity index (χ1n) is 8.82. The van der Waals surface area contributed by atoms with Gasteiger partial charge in [0.25, 0.3) is 0 Å². The number of nitrogens with zero attached hydrogens (tertiary/aromatic N) is 1. The summed E-state index contributed by atoms with van der Waals surface area (Å²) in [7, 11) is 0. The molecule has 1 aromatic carbocycles. The monoisotopic (exact) mass is 286 g/mol. The van der Waals surface area contributed by atoms with Crippen LogP contribution in [0.1, 0.15) is 57.4 Å². The smallest absolute Gasteiger partial charge is 0.0370 e. The van der Waals surface area contributed by atoms with Gasteiger partial charge in [-0.1, -0.05) is 45.2 Å². The van der Waals surface area contributed by atoms with Crippen molar-refractivity contribution >= 4 is 5.69 Å². The molecule has 116 valence electrons. The van der Waals surface area contributed by atoms with Crippen LogP contribution in [0.4, 0.5) is 5.69 Å². The molecule has 0 amide bonds. The summed E-state index contributed by atoms with van der Waals surface area (Å²) in [5.41, 5.74) is 2.88. The summed E-state index contributed by atoms with van der Waals surface area (Å²) < 4.78 is 0. The minimum atomic E-state index is 0.613. The Kier molecular flexibility index (Phi) is 4.84. The molecule has 3 rings (SSSR count). The molecule has 2 heteroatoms. The van der Waals surface area contributed by atoms with Gasteiger partial charge in [0.15, 0.2) is 0 Å². The SMILES string of the molecule is CC(C)c1cccc(N2CCNC(C3CCCCC3)C2)c1. The van der Waals surface area contributed by atoms with E-state index in [2.05, 4.69) is 48.3 Å². The largest absolute Gasteiger partial charge is 0.369 e. The lowest BCUT2D eigenvalue weighted by molar-refractivity contribution is 0.257. The molecule has 2 nitrogen and oxygen atoms in total. The molecular formula is C19H30N2. The highest BCUT2D eigenvalue weighted by atomic mass is 15.2. The van der Waals surface area contributed by atoms with E-state index in [1.807, 2.05) is 0 Å². The van der Waals surface area contributed by atoms with Crippen molar-refractivity contribution in [2.24, 2.45) is 5.92 Å². The molecule has 1 aromatic rings. The van der Waals surface area contributed by atoms with Crippen LogP contribution in [0.2, 0.25) is 0 Å². The maximum absolute atomic E-state index is 3.78. The highest BCUT2D eigenvalue weighted by Gasteiger charge is 2.28. The molecule has 1 saturated heterocycles. The summed E-state index contributed by atoms with van der Waals surface area (Å²) in [6, 6.07) is 9.86. The number of piperazine rings is 1. The third kappa shape index (κ3) is 3.60. The van der Waals surface area contributed by atoms with E-state index in [0.29, 0.717) is 12.0 Å². The third-order valence-electron chi connectivity index (χ3n) is 5.33. The molecule has 2 aliphatic rings. The first-order valence-corrected chi connectivity index (χ1v) is 8.82. The second-order valence-electron chi connectivity index (χ2n) is 7.15. The van der Waals surface area contributed by atoms with E-state index in [0.717, 1.165) is 19.0 Å². The predicted octanol–water partition coefficient (Wildman–Crippen LogP) is 4.17. The maximum Gasteiger partial charge on any atom is 0.0370 e. The molecule has 1 N–H and O–H groups in total. The zero-order valence-electron chi connectivity index (χ0n) is 13.6. The predicted molar refractivity (Wildman–Crippen MR) is 91.1 cm³/mol. The van der Waals surface area contributed by atoms with Crippen molar-refractivity contribution < 1.29 is 0 Å². The van der Waals surface area contributed by atoms with Crippen LogP contribution in [0.15, 0.2) is 24.3 Å². The second-order valence-corrected chi connectivity index (χ2v) is 7.15. The van der Waals surface area contributed by atoms with E-state index in [-0.39, 0.29) is 0 Å². The van der Waals surface area contributed by atoms with Crippen LogP contribution in [0.3, 0.4) is 0 Å².